The van der Waals surface area contributed by atoms with Crippen molar-refractivity contribution in [2.75, 3.05) is 11.9 Å². The summed E-state index contributed by atoms with van der Waals surface area (Å²) < 4.78 is 4.96. The molecule has 0 atom stereocenters. The minimum atomic E-state index is -0.890. The SMILES string of the molecule is Cc1ccc([N+](=O)[O-])cc1NC(=O)COC(=O)c1n[nH]c(=O)c2ccccc12. The van der Waals surface area contributed by atoms with Crippen molar-refractivity contribution in [1.82, 2.24) is 10.2 Å². The smallest absolute Gasteiger partial charge is 0.359 e. The number of carbonyl (C=O) groups excluding carboxylic acids is 2. The van der Waals surface area contributed by atoms with Crippen molar-refractivity contribution in [3.63, 3.8) is 0 Å². The molecule has 142 valence electrons. The van der Waals surface area contributed by atoms with Gasteiger partial charge in [0.25, 0.3) is 17.2 Å². The molecule has 2 aromatic carbocycles. The van der Waals surface area contributed by atoms with Gasteiger partial charge in [0.05, 0.1) is 16.0 Å². The second-order valence-corrected chi connectivity index (χ2v) is 5.83. The first kappa shape index (κ1) is 18.7. The zero-order chi connectivity index (χ0) is 20.3. The van der Waals surface area contributed by atoms with Gasteiger partial charge < -0.3 is 10.1 Å². The summed E-state index contributed by atoms with van der Waals surface area (Å²) in [6.07, 6.45) is 0. The molecule has 0 aliphatic carbocycles. The third kappa shape index (κ3) is 3.85. The Balaban J connectivity index is 1.71. The number of rotatable bonds is 5. The van der Waals surface area contributed by atoms with E-state index >= 15 is 0 Å². The quantitative estimate of drug-likeness (QED) is 0.390. The molecule has 2 N–H and O–H groups in total. The Labute approximate surface area is 157 Å². The lowest BCUT2D eigenvalue weighted by molar-refractivity contribution is -0.384. The van der Waals surface area contributed by atoms with Gasteiger partial charge in [0, 0.05) is 17.5 Å². The van der Waals surface area contributed by atoms with Gasteiger partial charge in [-0.3, -0.25) is 19.7 Å². The minimum absolute atomic E-state index is 0.130. The van der Waals surface area contributed by atoms with E-state index in [-0.39, 0.29) is 22.5 Å². The molecular weight excluding hydrogens is 368 g/mol. The zero-order valence-corrected chi connectivity index (χ0v) is 14.6. The summed E-state index contributed by atoms with van der Waals surface area (Å²) in [6.45, 7) is 1.04. The molecule has 1 aromatic heterocycles. The lowest BCUT2D eigenvalue weighted by Crippen LogP contribution is -2.23. The van der Waals surface area contributed by atoms with Crippen molar-refractivity contribution in [2.45, 2.75) is 6.92 Å². The Morgan fingerprint density at radius 2 is 1.93 bits per heavy atom. The first-order valence-electron chi connectivity index (χ1n) is 8.06. The summed E-state index contributed by atoms with van der Waals surface area (Å²) in [7, 11) is 0. The molecule has 0 spiro atoms. The maximum atomic E-state index is 12.3. The number of aryl methyl sites for hydroxylation is 1. The number of nitrogens with zero attached hydrogens (tertiary/aromatic N) is 2. The van der Waals surface area contributed by atoms with Gasteiger partial charge in [-0.15, -0.1) is 0 Å². The van der Waals surface area contributed by atoms with E-state index in [1.807, 2.05) is 0 Å². The van der Waals surface area contributed by atoms with Crippen molar-refractivity contribution >= 4 is 34.0 Å². The van der Waals surface area contributed by atoms with Crippen LogP contribution in [0.3, 0.4) is 0 Å². The van der Waals surface area contributed by atoms with Crippen LogP contribution in [0.4, 0.5) is 11.4 Å². The number of aromatic amines is 1. The molecule has 28 heavy (non-hydrogen) atoms. The molecule has 0 saturated heterocycles. The lowest BCUT2D eigenvalue weighted by atomic mass is 10.1. The second kappa shape index (κ2) is 7.66. The highest BCUT2D eigenvalue weighted by Crippen LogP contribution is 2.21. The number of nitrogens with one attached hydrogen (secondary N) is 2. The van der Waals surface area contributed by atoms with Gasteiger partial charge in [-0.25, -0.2) is 9.89 Å². The number of hydrogen-bond acceptors (Lipinski definition) is 7. The van der Waals surface area contributed by atoms with Crippen molar-refractivity contribution in [3.05, 3.63) is 74.2 Å². The van der Waals surface area contributed by atoms with Gasteiger partial charge in [0.15, 0.2) is 12.3 Å². The van der Waals surface area contributed by atoms with Crippen molar-refractivity contribution < 1.29 is 19.2 Å². The minimum Gasteiger partial charge on any atom is -0.451 e. The van der Waals surface area contributed by atoms with Crippen LogP contribution in [-0.4, -0.2) is 33.6 Å². The first-order chi connectivity index (χ1) is 13.4. The molecule has 0 fully saturated rings. The molecule has 0 saturated carbocycles. The molecule has 0 aliphatic heterocycles. The number of aromatic nitrogens is 2. The molecule has 0 unspecified atom stereocenters. The van der Waals surface area contributed by atoms with E-state index < -0.39 is 29.0 Å². The standard InChI is InChI=1S/C18H14N4O6/c1-10-6-7-11(22(26)27)8-14(10)19-15(23)9-28-18(25)16-12-4-2-3-5-13(12)17(24)21-20-16/h2-8H,9H2,1H3,(H,19,23)(H,21,24). The number of nitro benzene ring substituents is 1. The van der Waals surface area contributed by atoms with Crippen molar-refractivity contribution in [1.29, 1.82) is 0 Å². The number of amides is 1. The normalized spacial score (nSPS) is 10.5. The van der Waals surface area contributed by atoms with Crippen LogP contribution >= 0.6 is 0 Å². The Hall–Kier alpha value is -4.08. The highest BCUT2D eigenvalue weighted by atomic mass is 16.6. The van der Waals surface area contributed by atoms with E-state index in [0.717, 1.165) is 0 Å². The van der Waals surface area contributed by atoms with Crippen LogP contribution in [-0.2, 0) is 9.53 Å². The monoisotopic (exact) mass is 382 g/mol. The van der Waals surface area contributed by atoms with Crippen molar-refractivity contribution in [3.8, 4) is 0 Å². The van der Waals surface area contributed by atoms with E-state index in [1.54, 1.807) is 25.1 Å². The molecule has 0 radical (unpaired) electrons. The van der Waals surface area contributed by atoms with Crippen LogP contribution in [0.15, 0.2) is 47.3 Å². The van der Waals surface area contributed by atoms with Gasteiger partial charge in [0.1, 0.15) is 0 Å². The van der Waals surface area contributed by atoms with E-state index in [1.165, 1.54) is 24.3 Å². The topological polar surface area (TPSA) is 144 Å². The summed E-state index contributed by atoms with van der Waals surface area (Å²) in [5, 5.41) is 19.8. The predicted molar refractivity (Wildman–Crippen MR) is 99.1 cm³/mol. The fraction of sp³-hybridized carbons (Fsp3) is 0.111. The number of fused-ring (bicyclic) bond motifs is 1. The van der Waals surface area contributed by atoms with Gasteiger partial charge in [-0.05, 0) is 18.6 Å². The molecule has 1 heterocycles. The highest BCUT2D eigenvalue weighted by Gasteiger charge is 2.17. The Morgan fingerprint density at radius 3 is 2.64 bits per heavy atom. The highest BCUT2D eigenvalue weighted by molar-refractivity contribution is 6.03. The van der Waals surface area contributed by atoms with Crippen LogP contribution < -0.4 is 10.9 Å². The molecule has 0 bridgehead atoms. The first-order valence-corrected chi connectivity index (χ1v) is 8.06. The third-order valence-corrected chi connectivity index (χ3v) is 3.93. The summed E-state index contributed by atoms with van der Waals surface area (Å²) >= 11 is 0. The van der Waals surface area contributed by atoms with Crippen LogP contribution in [0.1, 0.15) is 16.1 Å². The largest absolute Gasteiger partial charge is 0.451 e. The van der Waals surface area contributed by atoms with Gasteiger partial charge in [0.2, 0.25) is 0 Å². The molecule has 3 aromatic rings. The Kier molecular flexibility index (Phi) is 5.12. The number of hydrogen-bond donors (Lipinski definition) is 2. The fourth-order valence-electron chi connectivity index (χ4n) is 2.51. The van der Waals surface area contributed by atoms with Crippen LogP contribution in [0, 0.1) is 17.0 Å². The third-order valence-electron chi connectivity index (χ3n) is 3.93. The molecular formula is C18H14N4O6. The lowest BCUT2D eigenvalue weighted by Gasteiger charge is -2.09. The van der Waals surface area contributed by atoms with Crippen LogP contribution in [0.25, 0.3) is 10.8 Å². The Bertz CT molecular complexity index is 1150. The van der Waals surface area contributed by atoms with E-state index in [2.05, 4.69) is 15.5 Å². The number of anilines is 1. The zero-order valence-electron chi connectivity index (χ0n) is 14.6. The number of ether oxygens (including phenoxy) is 1. The molecule has 3 rings (SSSR count). The van der Waals surface area contributed by atoms with Crippen molar-refractivity contribution in [2.24, 2.45) is 0 Å². The van der Waals surface area contributed by atoms with Gasteiger partial charge in [-0.2, -0.15) is 5.10 Å². The van der Waals surface area contributed by atoms with Crippen LogP contribution in [0.5, 0.6) is 0 Å². The maximum Gasteiger partial charge on any atom is 0.359 e. The van der Waals surface area contributed by atoms with E-state index in [0.29, 0.717) is 10.9 Å². The number of esters is 1. The summed E-state index contributed by atoms with van der Waals surface area (Å²) in [6, 6.07) is 10.4. The summed E-state index contributed by atoms with van der Waals surface area (Å²) in [5.41, 5.74) is 0.0869. The predicted octanol–water partition coefficient (Wildman–Crippen LogP) is 1.94. The van der Waals surface area contributed by atoms with Gasteiger partial charge in [-0.1, -0.05) is 24.3 Å². The molecule has 10 nitrogen and oxygen atoms in total. The fourth-order valence-corrected chi connectivity index (χ4v) is 2.51. The average molecular weight is 382 g/mol. The molecule has 1 amide bonds. The van der Waals surface area contributed by atoms with E-state index in [9.17, 15) is 24.5 Å². The summed E-state index contributed by atoms with van der Waals surface area (Å²) in [5.74, 6) is -1.57. The number of nitro groups is 1. The van der Waals surface area contributed by atoms with E-state index in [4.69, 9.17) is 4.74 Å². The van der Waals surface area contributed by atoms with Gasteiger partial charge >= 0.3 is 5.97 Å². The number of benzene rings is 2. The summed E-state index contributed by atoms with van der Waals surface area (Å²) in [4.78, 5) is 46.3. The van der Waals surface area contributed by atoms with Crippen LogP contribution in [0.2, 0.25) is 0 Å². The second-order valence-electron chi connectivity index (χ2n) is 5.83. The molecule has 10 heteroatoms. The average Bonchev–Trinajstić information content (AvgIpc) is 2.68. The number of carbonyl (C=O) groups is 2. The Morgan fingerprint density at radius 1 is 1.21 bits per heavy atom. The number of H-pyrrole nitrogens is 1. The maximum absolute atomic E-state index is 12.3. The molecule has 0 aliphatic rings. The number of non-ortho nitro benzene ring substituents is 1.